The number of carbonyl (C=O) groups is 1. The maximum absolute atomic E-state index is 10.2. The third-order valence-corrected chi connectivity index (χ3v) is 2.75. The zero-order valence-electron chi connectivity index (χ0n) is 10.3. The van der Waals surface area contributed by atoms with Crippen molar-refractivity contribution in [1.29, 1.82) is 5.41 Å². The molecule has 0 atom stereocenters. The van der Waals surface area contributed by atoms with Crippen molar-refractivity contribution in [3.63, 3.8) is 0 Å². The predicted octanol–water partition coefficient (Wildman–Crippen LogP) is 2.51. The number of aldehydes is 1. The van der Waals surface area contributed by atoms with E-state index in [2.05, 4.69) is 0 Å². The van der Waals surface area contributed by atoms with Gasteiger partial charge in [-0.15, -0.1) is 0 Å². The van der Waals surface area contributed by atoms with Crippen molar-refractivity contribution < 1.29 is 9.53 Å². The highest BCUT2D eigenvalue weighted by molar-refractivity contribution is 5.87. The normalized spacial score (nSPS) is 9.89. The van der Waals surface area contributed by atoms with Crippen molar-refractivity contribution in [1.82, 2.24) is 0 Å². The maximum Gasteiger partial charge on any atom is 0.157 e. The summed E-state index contributed by atoms with van der Waals surface area (Å²) >= 11 is 0. The number of hydrogen-bond acceptors (Lipinski definition) is 4. The van der Waals surface area contributed by atoms with E-state index in [0.29, 0.717) is 23.3 Å². The second-order valence-electron chi connectivity index (χ2n) is 3.99. The molecule has 0 aliphatic rings. The molecule has 0 aliphatic carbocycles. The molecule has 0 amide bonds. The van der Waals surface area contributed by atoms with E-state index in [4.69, 9.17) is 15.9 Å². The third kappa shape index (κ3) is 2.98. The fraction of sp³-hybridized carbons (Fsp3) is 0.0667. The molecule has 96 valence electrons. The minimum atomic E-state index is 0.0547. The molecule has 0 spiro atoms. The molecule has 2 rings (SSSR count). The molecular formula is C15H14N2O2. The van der Waals surface area contributed by atoms with Crippen LogP contribution in [0.2, 0.25) is 0 Å². The van der Waals surface area contributed by atoms with E-state index >= 15 is 0 Å². The van der Waals surface area contributed by atoms with Crippen LogP contribution in [-0.2, 0) is 4.79 Å². The van der Waals surface area contributed by atoms with Crippen LogP contribution >= 0.6 is 0 Å². The lowest BCUT2D eigenvalue weighted by Gasteiger charge is -2.07. The Labute approximate surface area is 111 Å². The number of rotatable bonds is 5. The van der Waals surface area contributed by atoms with E-state index in [1.165, 1.54) is 6.21 Å². The highest BCUT2D eigenvalue weighted by Crippen LogP contribution is 2.25. The summed E-state index contributed by atoms with van der Waals surface area (Å²) in [6, 6.07) is 13.0. The van der Waals surface area contributed by atoms with Gasteiger partial charge < -0.3 is 15.9 Å². The molecule has 3 N–H and O–H groups in total. The van der Waals surface area contributed by atoms with Crippen molar-refractivity contribution in [2.45, 2.75) is 0 Å². The smallest absolute Gasteiger partial charge is 0.157 e. The first kappa shape index (κ1) is 12.8. The Balaban J connectivity index is 2.26. The fourth-order valence-electron chi connectivity index (χ4n) is 1.75. The Morgan fingerprint density at radius 1 is 1.11 bits per heavy atom. The summed E-state index contributed by atoms with van der Waals surface area (Å²) in [5.74, 6) is 0.651. The van der Waals surface area contributed by atoms with Crippen molar-refractivity contribution in [2.75, 3.05) is 12.3 Å². The standard InChI is InChI=1S/C15H14N2O2/c16-10-13-9-12(3-6-15(13)17)11-1-4-14(5-2-11)19-8-7-18/h1-7,9-10,16H,8,17H2. The summed E-state index contributed by atoms with van der Waals surface area (Å²) in [7, 11) is 0. The van der Waals surface area contributed by atoms with Gasteiger partial charge in [0.15, 0.2) is 6.29 Å². The zero-order valence-corrected chi connectivity index (χ0v) is 10.3. The number of anilines is 1. The van der Waals surface area contributed by atoms with Crippen LogP contribution in [0.3, 0.4) is 0 Å². The quantitative estimate of drug-likeness (QED) is 0.489. The first-order chi connectivity index (χ1) is 9.24. The average molecular weight is 254 g/mol. The molecule has 0 bridgehead atoms. The van der Waals surface area contributed by atoms with Gasteiger partial charge in [0, 0.05) is 17.5 Å². The van der Waals surface area contributed by atoms with Crippen LogP contribution in [-0.4, -0.2) is 19.1 Å². The number of ether oxygens (including phenoxy) is 1. The van der Waals surface area contributed by atoms with Gasteiger partial charge in [0.1, 0.15) is 12.4 Å². The van der Waals surface area contributed by atoms with Gasteiger partial charge >= 0.3 is 0 Å². The largest absolute Gasteiger partial charge is 0.486 e. The van der Waals surface area contributed by atoms with E-state index < -0.39 is 0 Å². The first-order valence-corrected chi connectivity index (χ1v) is 5.81. The fourth-order valence-corrected chi connectivity index (χ4v) is 1.75. The molecule has 0 aliphatic heterocycles. The van der Waals surface area contributed by atoms with Crippen molar-refractivity contribution in [3.05, 3.63) is 48.0 Å². The molecule has 0 aromatic heterocycles. The molecule has 19 heavy (non-hydrogen) atoms. The SMILES string of the molecule is N=Cc1cc(-c2ccc(OCC=O)cc2)ccc1N. The molecule has 0 saturated heterocycles. The number of nitrogen functional groups attached to an aromatic ring is 1. The molecule has 0 saturated carbocycles. The monoisotopic (exact) mass is 254 g/mol. The number of hydrogen-bond donors (Lipinski definition) is 2. The summed E-state index contributed by atoms with van der Waals surface area (Å²) in [5.41, 5.74) is 9.02. The lowest BCUT2D eigenvalue weighted by atomic mass is 10.0. The van der Waals surface area contributed by atoms with Crippen molar-refractivity contribution in [2.24, 2.45) is 0 Å². The lowest BCUT2D eigenvalue weighted by molar-refractivity contribution is -0.109. The molecule has 0 radical (unpaired) electrons. The number of nitrogens with two attached hydrogens (primary N) is 1. The second-order valence-corrected chi connectivity index (χ2v) is 3.99. The van der Waals surface area contributed by atoms with E-state index in [0.717, 1.165) is 11.1 Å². The topological polar surface area (TPSA) is 76.2 Å². The highest BCUT2D eigenvalue weighted by atomic mass is 16.5. The van der Waals surface area contributed by atoms with Gasteiger partial charge in [0.25, 0.3) is 0 Å². The molecule has 0 fully saturated rings. The first-order valence-electron chi connectivity index (χ1n) is 5.81. The van der Waals surface area contributed by atoms with Crippen LogP contribution in [0, 0.1) is 5.41 Å². The van der Waals surface area contributed by atoms with Crippen LogP contribution in [0.15, 0.2) is 42.5 Å². The molecular weight excluding hydrogens is 240 g/mol. The summed E-state index contributed by atoms with van der Waals surface area (Å²) in [6.45, 7) is 0.0547. The van der Waals surface area contributed by atoms with Gasteiger partial charge in [0.2, 0.25) is 0 Å². The van der Waals surface area contributed by atoms with Gasteiger partial charge in [-0.2, -0.15) is 0 Å². The third-order valence-electron chi connectivity index (χ3n) is 2.75. The highest BCUT2D eigenvalue weighted by Gasteiger charge is 2.02. The van der Waals surface area contributed by atoms with Crippen molar-refractivity contribution >= 4 is 18.2 Å². The lowest BCUT2D eigenvalue weighted by Crippen LogP contribution is -1.97. The van der Waals surface area contributed by atoms with Crippen molar-refractivity contribution in [3.8, 4) is 16.9 Å². The summed E-state index contributed by atoms with van der Waals surface area (Å²) < 4.78 is 5.19. The maximum atomic E-state index is 10.2. The average Bonchev–Trinajstić information content (AvgIpc) is 2.46. The Morgan fingerprint density at radius 2 is 1.79 bits per heavy atom. The molecule has 4 heteroatoms. The van der Waals surface area contributed by atoms with E-state index in [1.54, 1.807) is 18.2 Å². The van der Waals surface area contributed by atoms with Gasteiger partial charge in [-0.25, -0.2) is 0 Å². The molecule has 2 aromatic rings. The minimum Gasteiger partial charge on any atom is -0.486 e. The van der Waals surface area contributed by atoms with Crippen LogP contribution in [0.5, 0.6) is 5.75 Å². The zero-order chi connectivity index (χ0) is 13.7. The summed E-state index contributed by atoms with van der Waals surface area (Å²) in [6.07, 6.45) is 1.95. The number of nitrogens with one attached hydrogen (secondary N) is 1. The second kappa shape index (κ2) is 5.82. The van der Waals surface area contributed by atoms with Gasteiger partial charge in [-0.05, 0) is 35.4 Å². The Morgan fingerprint density at radius 3 is 2.42 bits per heavy atom. The summed E-state index contributed by atoms with van der Waals surface area (Å²) in [4.78, 5) is 10.2. The molecule has 4 nitrogen and oxygen atoms in total. The van der Waals surface area contributed by atoms with Crippen LogP contribution in [0.25, 0.3) is 11.1 Å². The Kier molecular flexibility index (Phi) is 3.93. The number of benzene rings is 2. The molecule has 2 aromatic carbocycles. The van der Waals surface area contributed by atoms with Gasteiger partial charge in [0.05, 0.1) is 0 Å². The van der Waals surface area contributed by atoms with Crippen LogP contribution in [0.4, 0.5) is 5.69 Å². The number of carbonyl (C=O) groups excluding carboxylic acids is 1. The van der Waals surface area contributed by atoms with E-state index in [1.807, 2.05) is 24.3 Å². The molecule has 0 heterocycles. The Bertz CT molecular complexity index is 592. The summed E-state index contributed by atoms with van der Waals surface area (Å²) in [5, 5.41) is 7.30. The van der Waals surface area contributed by atoms with Gasteiger partial charge in [-0.1, -0.05) is 18.2 Å². The van der Waals surface area contributed by atoms with Crippen LogP contribution < -0.4 is 10.5 Å². The van der Waals surface area contributed by atoms with E-state index in [-0.39, 0.29) is 6.61 Å². The minimum absolute atomic E-state index is 0.0547. The van der Waals surface area contributed by atoms with Crippen LogP contribution in [0.1, 0.15) is 5.56 Å². The van der Waals surface area contributed by atoms with Gasteiger partial charge in [-0.3, -0.25) is 4.79 Å². The van der Waals surface area contributed by atoms with E-state index in [9.17, 15) is 4.79 Å². The molecule has 0 unspecified atom stereocenters. The predicted molar refractivity (Wildman–Crippen MR) is 75.7 cm³/mol. The Hall–Kier alpha value is -2.62.